The molecule has 69 heavy (non-hydrogen) atoms. The summed E-state index contributed by atoms with van der Waals surface area (Å²) in [5.74, 6) is -2.20. The predicted octanol–water partition coefficient (Wildman–Crippen LogP) is 17.6. The smallest absolute Gasteiger partial charge is 0.149 e. The molecule has 0 aliphatic rings. The van der Waals surface area contributed by atoms with Crippen molar-refractivity contribution in [2.45, 2.75) is 72.5 Å². The third-order valence-corrected chi connectivity index (χ3v) is 13.2. The molecular formula is C65H59N3O. The molecule has 8 aromatic carbocycles. The van der Waals surface area contributed by atoms with Crippen molar-refractivity contribution < 1.29 is 12.0 Å². The molecule has 0 radical (unpaired) electrons. The molecular weight excluding hydrogens is 839 g/mol. The van der Waals surface area contributed by atoms with E-state index >= 15 is 0 Å². The molecule has 10 aromatic rings. The number of hydrogen-bond donors (Lipinski definition) is 1. The Bertz CT molecular complexity index is 3690. The van der Waals surface area contributed by atoms with Gasteiger partial charge in [0.05, 0.1) is 28.0 Å². The Morgan fingerprint density at radius 2 is 1.14 bits per heavy atom. The number of pyridine rings is 1. The van der Waals surface area contributed by atoms with Crippen molar-refractivity contribution in [1.82, 2.24) is 14.5 Å². The van der Waals surface area contributed by atoms with Gasteiger partial charge in [0.15, 0.2) is 0 Å². The Kier molecular flexibility index (Phi) is 10.4. The number of nitrogens with zero attached hydrogens (tertiary/aromatic N) is 3. The third kappa shape index (κ3) is 8.80. The molecule has 2 aromatic heterocycles. The SMILES string of the molecule is [2H]C([2H])([2H])c1cc(-n2c(-c3cc(C([2H])(C)C)cc(C([2H])(C)C)c3O)nc3c(-c4cc(-c5ccccc5)cc(-c5cc(-c6ccccc6)ccn5)c4)cccc32)c(-c2ccccc2)cc1-c1ccc(C(C)(C)C)cc1. The maximum absolute atomic E-state index is 12.6. The fourth-order valence-electron chi connectivity index (χ4n) is 9.37. The van der Waals surface area contributed by atoms with Gasteiger partial charge < -0.3 is 5.11 Å². The standard InChI is InChI=1S/C65H59N3O/c1-41(2)49-37-55(42(3)4)63(69)58(38-49)64-67-62-54(51-34-50(45-21-14-10-15-22-45)35-52(36-51)59-39-48(31-32-66-59)44-19-12-9-13-20-44)25-18-26-60(62)68(64)61-33-43(5)56(40-57(61)46-23-16-11-17-24-46)47-27-29-53(30-28-47)65(6,7)8/h9-42,69H,1-8H3/i5D3,41D,42D. The summed E-state index contributed by atoms with van der Waals surface area (Å²) in [5.41, 5.74) is 14.7. The molecule has 0 aliphatic carbocycles. The van der Waals surface area contributed by atoms with E-state index in [2.05, 4.69) is 81.4 Å². The first-order valence-electron chi connectivity index (χ1n) is 26.1. The minimum absolute atomic E-state index is 0.107. The van der Waals surface area contributed by atoms with Crippen LogP contribution < -0.4 is 0 Å². The van der Waals surface area contributed by atoms with Crippen LogP contribution in [0.2, 0.25) is 0 Å². The molecule has 0 amide bonds. The molecule has 0 saturated heterocycles. The highest BCUT2D eigenvalue weighted by Gasteiger charge is 2.26. The number of imidazole rings is 1. The van der Waals surface area contributed by atoms with Crippen LogP contribution >= 0.6 is 0 Å². The van der Waals surface area contributed by atoms with Crippen LogP contribution in [0.1, 0.15) is 89.4 Å². The number of aryl methyl sites for hydroxylation is 1. The second kappa shape index (κ2) is 18.3. The molecule has 0 saturated carbocycles. The minimum atomic E-state index is -2.55. The fraction of sp³-hybridized carbons (Fsp3) is 0.169. The van der Waals surface area contributed by atoms with E-state index in [4.69, 9.17) is 14.1 Å². The Balaban J connectivity index is 1.32. The van der Waals surface area contributed by atoms with Gasteiger partial charge in [0.25, 0.3) is 0 Å². The first-order valence-corrected chi connectivity index (χ1v) is 23.6. The van der Waals surface area contributed by atoms with Gasteiger partial charge in [-0.2, -0.15) is 0 Å². The number of rotatable bonds is 10. The molecule has 4 nitrogen and oxygen atoms in total. The number of fused-ring (bicyclic) bond motifs is 1. The highest BCUT2D eigenvalue weighted by atomic mass is 16.3. The van der Waals surface area contributed by atoms with Gasteiger partial charge in [-0.3, -0.25) is 9.55 Å². The van der Waals surface area contributed by atoms with Gasteiger partial charge in [-0.1, -0.05) is 182 Å². The monoisotopic (exact) mass is 902 g/mol. The second-order valence-corrected chi connectivity index (χ2v) is 19.4. The summed E-state index contributed by atoms with van der Waals surface area (Å²) in [6, 6.07) is 62.5. The van der Waals surface area contributed by atoms with Crippen molar-refractivity contribution in [3.05, 3.63) is 217 Å². The first-order chi connectivity index (χ1) is 35.1. The highest BCUT2D eigenvalue weighted by molar-refractivity contribution is 5.99. The number of para-hydroxylation sites is 1. The number of phenols is 1. The van der Waals surface area contributed by atoms with Crippen molar-refractivity contribution in [3.63, 3.8) is 0 Å². The van der Waals surface area contributed by atoms with E-state index in [0.717, 1.165) is 66.9 Å². The zero-order valence-corrected chi connectivity index (χ0v) is 40.3. The summed E-state index contributed by atoms with van der Waals surface area (Å²) in [6.07, 6.45) is 1.84. The topological polar surface area (TPSA) is 50.9 Å². The Labute approximate surface area is 414 Å². The van der Waals surface area contributed by atoms with Gasteiger partial charge in [0.2, 0.25) is 0 Å². The van der Waals surface area contributed by atoms with E-state index in [-0.39, 0.29) is 16.7 Å². The van der Waals surface area contributed by atoms with Crippen molar-refractivity contribution >= 4 is 11.0 Å². The van der Waals surface area contributed by atoms with Crippen molar-refractivity contribution in [2.24, 2.45) is 0 Å². The molecule has 10 rings (SSSR count). The van der Waals surface area contributed by atoms with Crippen molar-refractivity contribution in [3.8, 4) is 89.7 Å². The van der Waals surface area contributed by atoms with E-state index < -0.39 is 18.6 Å². The van der Waals surface area contributed by atoms with E-state index in [1.807, 2.05) is 120 Å². The molecule has 0 atom stereocenters. The predicted molar refractivity (Wildman–Crippen MR) is 290 cm³/mol. The van der Waals surface area contributed by atoms with Gasteiger partial charge in [-0.05, 0) is 145 Å². The molecule has 0 bridgehead atoms. The largest absolute Gasteiger partial charge is 0.507 e. The molecule has 0 fully saturated rings. The molecule has 2 heterocycles. The van der Waals surface area contributed by atoms with Crippen LogP contribution in [-0.2, 0) is 5.41 Å². The zero-order valence-electron chi connectivity index (χ0n) is 45.3. The second-order valence-electron chi connectivity index (χ2n) is 19.4. The van der Waals surface area contributed by atoms with Crippen LogP contribution in [-0.4, -0.2) is 19.6 Å². The number of aromatic nitrogens is 3. The highest BCUT2D eigenvalue weighted by Crippen LogP contribution is 2.45. The summed E-state index contributed by atoms with van der Waals surface area (Å²) in [4.78, 5) is 10.5. The lowest BCUT2D eigenvalue weighted by atomic mass is 9.85. The number of hydrogen-bond acceptors (Lipinski definition) is 3. The van der Waals surface area contributed by atoms with Crippen molar-refractivity contribution in [1.29, 1.82) is 0 Å². The van der Waals surface area contributed by atoms with Gasteiger partial charge in [0, 0.05) is 29.7 Å². The van der Waals surface area contributed by atoms with Gasteiger partial charge in [-0.15, -0.1) is 0 Å². The minimum Gasteiger partial charge on any atom is -0.507 e. The van der Waals surface area contributed by atoms with Crippen LogP contribution in [0.5, 0.6) is 5.75 Å². The van der Waals surface area contributed by atoms with Crippen LogP contribution in [0, 0.1) is 6.85 Å². The summed E-state index contributed by atoms with van der Waals surface area (Å²) in [5, 5.41) is 12.6. The van der Waals surface area contributed by atoms with Gasteiger partial charge in [-0.25, -0.2) is 4.98 Å². The summed E-state index contributed by atoms with van der Waals surface area (Å²) >= 11 is 0. The van der Waals surface area contributed by atoms with Crippen molar-refractivity contribution in [2.75, 3.05) is 0 Å². The Morgan fingerprint density at radius 3 is 1.78 bits per heavy atom. The average molecular weight is 903 g/mol. The number of aromatic hydroxyl groups is 1. The third-order valence-electron chi connectivity index (χ3n) is 13.2. The molecule has 1 N–H and O–H groups in total. The normalized spacial score (nSPS) is 13.3. The molecule has 0 spiro atoms. The summed E-state index contributed by atoms with van der Waals surface area (Å²) in [7, 11) is 0. The lowest BCUT2D eigenvalue weighted by Gasteiger charge is -2.22. The van der Waals surface area contributed by atoms with E-state index in [1.165, 1.54) is 0 Å². The average Bonchev–Trinajstić information content (AvgIpc) is 3.78. The summed E-state index contributed by atoms with van der Waals surface area (Å²) < 4.78 is 47.9. The molecule has 340 valence electrons. The summed E-state index contributed by atoms with van der Waals surface area (Å²) in [6.45, 7) is 10.9. The van der Waals surface area contributed by atoms with E-state index in [9.17, 15) is 7.85 Å². The molecule has 0 aliphatic heterocycles. The number of benzene rings is 8. The molecule has 0 unspecified atom stereocenters. The van der Waals surface area contributed by atoms with Gasteiger partial charge in [0.1, 0.15) is 11.6 Å². The lowest BCUT2D eigenvalue weighted by molar-refractivity contribution is 0.466. The van der Waals surface area contributed by atoms with Gasteiger partial charge >= 0.3 is 0 Å². The quantitative estimate of drug-likeness (QED) is 0.149. The maximum atomic E-state index is 12.6. The van der Waals surface area contributed by atoms with E-state index in [0.29, 0.717) is 44.8 Å². The van der Waals surface area contributed by atoms with Crippen LogP contribution in [0.4, 0.5) is 0 Å². The fourth-order valence-corrected chi connectivity index (χ4v) is 9.37. The molecule has 4 heteroatoms. The Morgan fingerprint density at radius 1 is 0.522 bits per heavy atom. The lowest BCUT2D eigenvalue weighted by Crippen LogP contribution is -2.10. The van der Waals surface area contributed by atoms with E-state index in [1.54, 1.807) is 45.9 Å². The number of phenolic OH excluding ortho intramolecular Hbond substituents is 1. The Hall–Kier alpha value is -7.82. The van der Waals surface area contributed by atoms with Crippen LogP contribution in [0.15, 0.2) is 194 Å². The zero-order chi connectivity index (χ0) is 52.3. The van der Waals surface area contributed by atoms with Crippen LogP contribution in [0.25, 0.3) is 95.0 Å². The van der Waals surface area contributed by atoms with Crippen LogP contribution in [0.3, 0.4) is 0 Å². The maximum Gasteiger partial charge on any atom is 0.149 e. The first kappa shape index (κ1) is 39.2.